The average Bonchev–Trinajstić information content (AvgIpc) is 3.36. The van der Waals surface area contributed by atoms with Crippen LogP contribution in [0.3, 0.4) is 0 Å². The van der Waals surface area contributed by atoms with Crippen LogP contribution in [0.25, 0.3) is 16.0 Å². The Kier molecular flexibility index (Phi) is 5.70. The molecule has 134 valence electrons. The Morgan fingerprint density at radius 2 is 1.81 bits per heavy atom. The van der Waals surface area contributed by atoms with Gasteiger partial charge in [0.15, 0.2) is 17.3 Å². The van der Waals surface area contributed by atoms with E-state index in [1.807, 2.05) is 22.9 Å². The SMILES string of the molecule is COc1cc(C(=O)C=Cc2csc(-c3cccs3)n2)cc(OC)c1OC. The lowest BCUT2D eigenvalue weighted by Crippen LogP contribution is -2.00. The highest BCUT2D eigenvalue weighted by atomic mass is 32.1. The molecule has 0 amide bonds. The molecule has 0 unspecified atom stereocenters. The highest BCUT2D eigenvalue weighted by molar-refractivity contribution is 7.20. The van der Waals surface area contributed by atoms with Crippen LogP contribution in [0.2, 0.25) is 0 Å². The van der Waals surface area contributed by atoms with Crippen LogP contribution in [0.15, 0.2) is 41.1 Å². The number of thiophene rings is 1. The summed E-state index contributed by atoms with van der Waals surface area (Å²) >= 11 is 3.19. The zero-order valence-corrected chi connectivity index (χ0v) is 16.1. The first kappa shape index (κ1) is 18.2. The van der Waals surface area contributed by atoms with Crippen molar-refractivity contribution in [2.75, 3.05) is 21.3 Å². The highest BCUT2D eigenvalue weighted by Gasteiger charge is 2.15. The molecule has 0 saturated carbocycles. The Morgan fingerprint density at radius 1 is 1.08 bits per heavy atom. The van der Waals surface area contributed by atoms with Gasteiger partial charge in [0.05, 0.1) is 31.9 Å². The van der Waals surface area contributed by atoms with Gasteiger partial charge >= 0.3 is 0 Å². The monoisotopic (exact) mass is 387 g/mol. The molecule has 0 N–H and O–H groups in total. The number of ether oxygens (including phenoxy) is 3. The van der Waals surface area contributed by atoms with Gasteiger partial charge in [0, 0.05) is 10.9 Å². The van der Waals surface area contributed by atoms with E-state index in [9.17, 15) is 4.79 Å². The molecular weight excluding hydrogens is 370 g/mol. The molecule has 1 aromatic carbocycles. The zero-order chi connectivity index (χ0) is 18.5. The topological polar surface area (TPSA) is 57.7 Å². The summed E-state index contributed by atoms with van der Waals surface area (Å²) < 4.78 is 15.8. The van der Waals surface area contributed by atoms with Gasteiger partial charge in [-0.05, 0) is 35.7 Å². The fraction of sp³-hybridized carbons (Fsp3) is 0.158. The number of benzene rings is 1. The van der Waals surface area contributed by atoms with Gasteiger partial charge in [0.1, 0.15) is 5.01 Å². The predicted molar refractivity (Wildman–Crippen MR) is 105 cm³/mol. The van der Waals surface area contributed by atoms with E-state index in [4.69, 9.17) is 14.2 Å². The van der Waals surface area contributed by atoms with E-state index in [0.717, 1.165) is 15.6 Å². The molecule has 3 aromatic rings. The minimum absolute atomic E-state index is 0.171. The average molecular weight is 387 g/mol. The maximum absolute atomic E-state index is 12.5. The second-order valence-corrected chi connectivity index (χ2v) is 6.97. The number of methoxy groups -OCH3 is 3. The van der Waals surface area contributed by atoms with Gasteiger partial charge in [-0.3, -0.25) is 4.79 Å². The molecule has 0 radical (unpaired) electrons. The van der Waals surface area contributed by atoms with E-state index in [0.29, 0.717) is 22.8 Å². The third-order valence-corrected chi connectivity index (χ3v) is 5.51. The number of aromatic nitrogens is 1. The number of hydrogen-bond donors (Lipinski definition) is 0. The van der Waals surface area contributed by atoms with Crippen molar-refractivity contribution >= 4 is 34.5 Å². The van der Waals surface area contributed by atoms with Crippen molar-refractivity contribution in [3.63, 3.8) is 0 Å². The van der Waals surface area contributed by atoms with E-state index in [-0.39, 0.29) is 5.78 Å². The maximum Gasteiger partial charge on any atom is 0.203 e. The Balaban J connectivity index is 1.82. The second kappa shape index (κ2) is 8.16. The maximum atomic E-state index is 12.5. The molecule has 26 heavy (non-hydrogen) atoms. The number of nitrogens with zero attached hydrogens (tertiary/aromatic N) is 1. The molecule has 0 fully saturated rings. The van der Waals surface area contributed by atoms with Crippen LogP contribution in [0, 0.1) is 0 Å². The lowest BCUT2D eigenvalue weighted by molar-refractivity contribution is 0.104. The Hall–Kier alpha value is -2.64. The molecule has 2 heterocycles. The number of allylic oxidation sites excluding steroid dienone is 1. The van der Waals surface area contributed by atoms with Crippen LogP contribution in [-0.2, 0) is 0 Å². The summed E-state index contributed by atoms with van der Waals surface area (Å²) in [5.74, 6) is 1.17. The summed E-state index contributed by atoms with van der Waals surface area (Å²) in [7, 11) is 4.56. The van der Waals surface area contributed by atoms with Gasteiger partial charge in [-0.2, -0.15) is 0 Å². The molecule has 0 bridgehead atoms. The summed E-state index contributed by atoms with van der Waals surface area (Å²) in [5, 5.41) is 4.88. The molecule has 5 nitrogen and oxygen atoms in total. The molecule has 0 saturated heterocycles. The molecule has 0 spiro atoms. The number of carbonyl (C=O) groups is 1. The van der Waals surface area contributed by atoms with Crippen molar-refractivity contribution in [2.45, 2.75) is 0 Å². The van der Waals surface area contributed by atoms with Gasteiger partial charge in [0.25, 0.3) is 0 Å². The van der Waals surface area contributed by atoms with Crippen LogP contribution in [0.1, 0.15) is 16.1 Å². The van der Waals surface area contributed by atoms with Gasteiger partial charge in [-0.25, -0.2) is 4.98 Å². The summed E-state index contributed by atoms with van der Waals surface area (Å²) in [6.45, 7) is 0. The molecule has 0 atom stereocenters. The van der Waals surface area contributed by atoms with Gasteiger partial charge in [-0.15, -0.1) is 22.7 Å². The normalized spacial score (nSPS) is 10.9. The molecule has 0 aliphatic heterocycles. The van der Waals surface area contributed by atoms with Crippen LogP contribution in [0.5, 0.6) is 17.2 Å². The predicted octanol–water partition coefficient (Wildman–Crippen LogP) is 4.79. The van der Waals surface area contributed by atoms with Crippen LogP contribution >= 0.6 is 22.7 Å². The molecule has 2 aromatic heterocycles. The zero-order valence-electron chi connectivity index (χ0n) is 14.5. The Morgan fingerprint density at radius 3 is 2.38 bits per heavy atom. The smallest absolute Gasteiger partial charge is 0.203 e. The van der Waals surface area contributed by atoms with Crippen LogP contribution in [0.4, 0.5) is 0 Å². The number of hydrogen-bond acceptors (Lipinski definition) is 7. The number of ketones is 1. The number of rotatable bonds is 7. The molecule has 0 aliphatic carbocycles. The standard InChI is InChI=1S/C19H17NO4S2/c1-22-15-9-12(10-16(23-2)18(15)24-3)14(21)7-6-13-11-26-19(20-13)17-5-4-8-25-17/h4-11H,1-3H3. The molecule has 0 aliphatic rings. The van der Waals surface area contributed by atoms with Gasteiger partial charge in [0.2, 0.25) is 5.75 Å². The third kappa shape index (κ3) is 3.79. The molecular formula is C19H17NO4S2. The lowest BCUT2D eigenvalue weighted by Gasteiger charge is -2.13. The molecule has 3 rings (SSSR count). The third-order valence-electron chi connectivity index (χ3n) is 3.61. The second-order valence-electron chi connectivity index (χ2n) is 5.17. The van der Waals surface area contributed by atoms with Gasteiger partial charge < -0.3 is 14.2 Å². The van der Waals surface area contributed by atoms with E-state index in [1.165, 1.54) is 27.4 Å². The Labute approximate surface area is 159 Å². The van der Waals surface area contributed by atoms with Crippen molar-refractivity contribution in [3.05, 3.63) is 52.4 Å². The quantitative estimate of drug-likeness (QED) is 0.431. The van der Waals surface area contributed by atoms with E-state index >= 15 is 0 Å². The first-order chi connectivity index (χ1) is 12.7. The van der Waals surface area contributed by atoms with Crippen molar-refractivity contribution < 1.29 is 19.0 Å². The first-order valence-electron chi connectivity index (χ1n) is 7.68. The van der Waals surface area contributed by atoms with Crippen molar-refractivity contribution in [1.82, 2.24) is 4.98 Å². The van der Waals surface area contributed by atoms with Crippen molar-refractivity contribution in [1.29, 1.82) is 0 Å². The van der Waals surface area contributed by atoms with Crippen molar-refractivity contribution in [3.8, 4) is 27.1 Å². The number of carbonyl (C=O) groups excluding carboxylic acids is 1. The summed E-state index contributed by atoms with van der Waals surface area (Å²) in [4.78, 5) is 18.2. The van der Waals surface area contributed by atoms with Crippen LogP contribution in [-0.4, -0.2) is 32.1 Å². The first-order valence-corrected chi connectivity index (χ1v) is 9.44. The highest BCUT2D eigenvalue weighted by Crippen LogP contribution is 2.38. The largest absolute Gasteiger partial charge is 0.493 e. The lowest BCUT2D eigenvalue weighted by atomic mass is 10.1. The summed E-state index contributed by atoms with van der Waals surface area (Å²) in [5.41, 5.74) is 1.20. The minimum Gasteiger partial charge on any atom is -0.493 e. The fourth-order valence-electron chi connectivity index (χ4n) is 2.36. The molecule has 7 heteroatoms. The summed E-state index contributed by atoms with van der Waals surface area (Å²) in [6.07, 6.45) is 3.20. The van der Waals surface area contributed by atoms with Crippen molar-refractivity contribution in [2.24, 2.45) is 0 Å². The number of thiazole rings is 1. The van der Waals surface area contributed by atoms with E-state index in [1.54, 1.807) is 40.9 Å². The van der Waals surface area contributed by atoms with Gasteiger partial charge in [-0.1, -0.05) is 6.07 Å². The van der Waals surface area contributed by atoms with E-state index < -0.39 is 0 Å². The Bertz CT molecular complexity index is 904. The minimum atomic E-state index is -0.171. The van der Waals surface area contributed by atoms with E-state index in [2.05, 4.69) is 4.98 Å². The summed E-state index contributed by atoms with van der Waals surface area (Å²) in [6, 6.07) is 7.28. The van der Waals surface area contributed by atoms with Crippen LogP contribution < -0.4 is 14.2 Å². The fourth-order valence-corrected chi connectivity index (χ4v) is 3.96.